The molecule has 0 rings (SSSR count). The molecule has 1 nitrogen and oxygen atoms in total. The molecule has 0 saturated carbocycles. The highest BCUT2D eigenvalue weighted by Gasteiger charge is 1.75. The Morgan fingerprint density at radius 1 is 1.75 bits per heavy atom. The summed E-state index contributed by atoms with van der Waals surface area (Å²) in [5, 5.41) is 0.420. The molecule has 0 spiro atoms. The molecule has 0 aromatic rings. The number of hydrogen-bond acceptors (Lipinski definition) is 1. The topological polar surface area (TPSA) is 12.4 Å². The summed E-state index contributed by atoms with van der Waals surface area (Å²) in [7, 11) is 0. The summed E-state index contributed by atoms with van der Waals surface area (Å²) in [6, 6.07) is 0. The van der Waals surface area contributed by atoms with Gasteiger partial charge in [-0.3, -0.25) is 0 Å². The van der Waals surface area contributed by atoms with Gasteiger partial charge in [0.2, 0.25) is 0 Å². The van der Waals surface area contributed by atoms with Crippen molar-refractivity contribution in [3.8, 4) is 0 Å². The molecule has 0 amide bonds. The maximum Gasteiger partial charge on any atom is 0.128 e. The van der Waals surface area contributed by atoms with Crippen LogP contribution in [0.2, 0.25) is 0 Å². The SMILES string of the molecule is C=CC(Cl)=N/C=C\C. The Bertz CT molecular complexity index is 124. The summed E-state index contributed by atoms with van der Waals surface area (Å²) in [5.41, 5.74) is 0. The van der Waals surface area contributed by atoms with Crippen molar-refractivity contribution in [3.63, 3.8) is 0 Å². The lowest BCUT2D eigenvalue weighted by Gasteiger charge is -1.78. The molecule has 0 fully saturated rings. The Hall–Kier alpha value is -0.560. The van der Waals surface area contributed by atoms with E-state index in [1.54, 1.807) is 12.3 Å². The summed E-state index contributed by atoms with van der Waals surface area (Å²) in [6.45, 7) is 5.29. The van der Waals surface area contributed by atoms with Crippen LogP contribution in [0.4, 0.5) is 0 Å². The van der Waals surface area contributed by atoms with Gasteiger partial charge in [-0.2, -0.15) is 0 Å². The number of allylic oxidation sites excluding steroid dienone is 2. The molecule has 0 aliphatic rings. The Balaban J connectivity index is 3.74. The van der Waals surface area contributed by atoms with Gasteiger partial charge in [0.05, 0.1) is 0 Å². The van der Waals surface area contributed by atoms with Gasteiger partial charge in [0, 0.05) is 6.20 Å². The highest BCUT2D eigenvalue weighted by Crippen LogP contribution is 1.86. The molecule has 0 saturated heterocycles. The third-order valence-electron chi connectivity index (χ3n) is 0.515. The predicted molar refractivity (Wildman–Crippen MR) is 38.3 cm³/mol. The average Bonchev–Trinajstić information content (AvgIpc) is 1.83. The number of rotatable bonds is 2. The number of aliphatic imine (C=N–C) groups is 1. The van der Waals surface area contributed by atoms with Gasteiger partial charge in [-0.15, -0.1) is 0 Å². The van der Waals surface area contributed by atoms with E-state index in [4.69, 9.17) is 11.6 Å². The minimum atomic E-state index is 0.420. The summed E-state index contributed by atoms with van der Waals surface area (Å²) in [5.74, 6) is 0. The van der Waals surface area contributed by atoms with Crippen molar-refractivity contribution in [3.05, 3.63) is 24.9 Å². The minimum absolute atomic E-state index is 0.420. The van der Waals surface area contributed by atoms with Crippen LogP contribution in [0.3, 0.4) is 0 Å². The van der Waals surface area contributed by atoms with Crippen molar-refractivity contribution in [1.82, 2.24) is 0 Å². The first-order valence-electron chi connectivity index (χ1n) is 2.28. The summed E-state index contributed by atoms with van der Waals surface area (Å²) >= 11 is 5.42. The third-order valence-corrected chi connectivity index (χ3v) is 0.767. The normalized spacial score (nSPS) is 12.5. The van der Waals surface area contributed by atoms with Gasteiger partial charge >= 0.3 is 0 Å². The Kier molecular flexibility index (Phi) is 4.27. The van der Waals surface area contributed by atoms with E-state index in [2.05, 4.69) is 11.6 Å². The van der Waals surface area contributed by atoms with Crippen LogP contribution < -0.4 is 0 Å². The predicted octanol–water partition coefficient (Wildman–Crippen LogP) is 2.34. The molecule has 0 aliphatic heterocycles. The van der Waals surface area contributed by atoms with E-state index in [0.717, 1.165) is 0 Å². The second-order valence-corrected chi connectivity index (χ2v) is 1.53. The molecule has 2 heteroatoms. The highest BCUT2D eigenvalue weighted by molar-refractivity contribution is 6.68. The van der Waals surface area contributed by atoms with Crippen molar-refractivity contribution in [2.45, 2.75) is 6.92 Å². The molecule has 0 unspecified atom stereocenters. The number of halogens is 1. The molecule has 8 heavy (non-hydrogen) atoms. The fourth-order valence-corrected chi connectivity index (χ4v) is 0.255. The van der Waals surface area contributed by atoms with Crippen LogP contribution in [0.1, 0.15) is 6.92 Å². The van der Waals surface area contributed by atoms with Crippen LogP contribution in [-0.2, 0) is 0 Å². The van der Waals surface area contributed by atoms with Gasteiger partial charge in [-0.25, -0.2) is 4.99 Å². The van der Waals surface area contributed by atoms with Gasteiger partial charge < -0.3 is 0 Å². The maximum atomic E-state index is 5.42. The van der Waals surface area contributed by atoms with E-state index in [-0.39, 0.29) is 0 Å². The zero-order valence-electron chi connectivity index (χ0n) is 4.76. The lowest BCUT2D eigenvalue weighted by molar-refractivity contribution is 1.54. The molecular weight excluding hydrogens is 122 g/mol. The van der Waals surface area contributed by atoms with E-state index in [0.29, 0.717) is 5.17 Å². The summed E-state index contributed by atoms with van der Waals surface area (Å²) < 4.78 is 0. The zero-order chi connectivity index (χ0) is 6.41. The first-order valence-corrected chi connectivity index (χ1v) is 2.66. The minimum Gasteiger partial charge on any atom is -0.245 e. The molecule has 0 aromatic heterocycles. The van der Waals surface area contributed by atoms with Crippen LogP contribution in [0.5, 0.6) is 0 Å². The van der Waals surface area contributed by atoms with Crippen molar-refractivity contribution in [2.24, 2.45) is 4.99 Å². The molecule has 0 heterocycles. The van der Waals surface area contributed by atoms with Crippen LogP contribution in [-0.4, -0.2) is 5.17 Å². The number of hydrogen-bond donors (Lipinski definition) is 0. The smallest absolute Gasteiger partial charge is 0.128 e. The van der Waals surface area contributed by atoms with Crippen LogP contribution >= 0.6 is 11.6 Å². The molecule has 0 radical (unpaired) electrons. The average molecular weight is 130 g/mol. The molecule has 0 N–H and O–H groups in total. The van der Waals surface area contributed by atoms with Crippen LogP contribution in [0, 0.1) is 0 Å². The van der Waals surface area contributed by atoms with E-state index < -0.39 is 0 Å². The van der Waals surface area contributed by atoms with Gasteiger partial charge in [-0.05, 0) is 13.0 Å². The Morgan fingerprint density at radius 2 is 2.38 bits per heavy atom. The summed E-state index contributed by atoms with van der Waals surface area (Å²) in [4.78, 5) is 3.74. The third kappa shape index (κ3) is 3.62. The van der Waals surface area contributed by atoms with Crippen LogP contribution in [0.25, 0.3) is 0 Å². The quantitative estimate of drug-likeness (QED) is 0.508. The van der Waals surface area contributed by atoms with E-state index in [1.165, 1.54) is 6.08 Å². The van der Waals surface area contributed by atoms with E-state index in [1.807, 2.05) is 6.92 Å². The Morgan fingerprint density at radius 3 is 2.75 bits per heavy atom. The van der Waals surface area contributed by atoms with E-state index >= 15 is 0 Å². The lowest BCUT2D eigenvalue weighted by Crippen LogP contribution is -1.72. The maximum absolute atomic E-state index is 5.42. The zero-order valence-corrected chi connectivity index (χ0v) is 5.52. The second-order valence-electron chi connectivity index (χ2n) is 1.14. The van der Waals surface area contributed by atoms with Gasteiger partial charge in [0.1, 0.15) is 5.17 Å². The summed E-state index contributed by atoms with van der Waals surface area (Å²) in [6.07, 6.45) is 4.90. The fraction of sp³-hybridized carbons (Fsp3) is 0.167. The van der Waals surface area contributed by atoms with Crippen molar-refractivity contribution < 1.29 is 0 Å². The fourth-order valence-electron chi connectivity index (χ4n) is 0.198. The molecule has 0 aliphatic carbocycles. The first kappa shape index (κ1) is 7.44. The first-order chi connectivity index (χ1) is 3.81. The molecule has 0 aromatic carbocycles. The molecule has 0 bridgehead atoms. The van der Waals surface area contributed by atoms with Crippen molar-refractivity contribution in [2.75, 3.05) is 0 Å². The molecule has 44 valence electrons. The van der Waals surface area contributed by atoms with Crippen molar-refractivity contribution in [1.29, 1.82) is 0 Å². The van der Waals surface area contributed by atoms with Gasteiger partial charge in [0.25, 0.3) is 0 Å². The second kappa shape index (κ2) is 4.60. The van der Waals surface area contributed by atoms with Gasteiger partial charge in [-0.1, -0.05) is 24.3 Å². The van der Waals surface area contributed by atoms with Gasteiger partial charge in [0.15, 0.2) is 0 Å². The van der Waals surface area contributed by atoms with Crippen molar-refractivity contribution >= 4 is 16.8 Å². The monoisotopic (exact) mass is 129 g/mol. The Labute approximate surface area is 54.4 Å². The molecule has 0 atom stereocenters. The lowest BCUT2D eigenvalue weighted by atomic mass is 10.7. The highest BCUT2D eigenvalue weighted by atomic mass is 35.5. The number of nitrogens with zero attached hydrogens (tertiary/aromatic N) is 1. The van der Waals surface area contributed by atoms with E-state index in [9.17, 15) is 0 Å². The standard InChI is InChI=1S/C6H8ClN/c1-3-5-8-6(7)4-2/h3-5H,2H2,1H3/b5-3-,8-6?. The molecular formula is C6H8ClN. The van der Waals surface area contributed by atoms with Crippen LogP contribution in [0.15, 0.2) is 29.9 Å². The largest absolute Gasteiger partial charge is 0.245 e.